The van der Waals surface area contributed by atoms with Crippen molar-refractivity contribution in [3.05, 3.63) is 82.1 Å². The first kappa shape index (κ1) is 18.7. The molecular formula is C21H20ClN3O2. The number of halogens is 1. The average Bonchev–Trinajstić information content (AvgIpc) is 2.65. The predicted octanol–water partition coefficient (Wildman–Crippen LogP) is 4.86. The van der Waals surface area contributed by atoms with Gasteiger partial charge in [-0.2, -0.15) is 0 Å². The fraction of sp³-hybridized carbons (Fsp3) is 0.143. The molecule has 27 heavy (non-hydrogen) atoms. The number of carbonyl (C=O) groups excluding carboxylic acids is 1. The molecule has 0 radical (unpaired) electrons. The first-order valence-electron chi connectivity index (χ1n) is 8.45. The molecule has 0 saturated carbocycles. The third-order valence-corrected chi connectivity index (χ3v) is 4.46. The maximum absolute atomic E-state index is 11.3. The van der Waals surface area contributed by atoms with Crippen molar-refractivity contribution in [2.75, 3.05) is 5.32 Å². The van der Waals surface area contributed by atoms with Crippen molar-refractivity contribution in [3.63, 3.8) is 0 Å². The van der Waals surface area contributed by atoms with Crippen LogP contribution in [0.2, 0.25) is 5.02 Å². The number of carbonyl (C=O) groups is 1. The second-order valence-corrected chi connectivity index (χ2v) is 6.68. The summed E-state index contributed by atoms with van der Waals surface area (Å²) in [6.07, 6.45) is 1.53. The van der Waals surface area contributed by atoms with Gasteiger partial charge in [0.1, 0.15) is 17.2 Å². The molecule has 0 aliphatic carbocycles. The summed E-state index contributed by atoms with van der Waals surface area (Å²) >= 11 is 6.16. The van der Waals surface area contributed by atoms with Gasteiger partial charge in [-0.05, 0) is 67.4 Å². The van der Waals surface area contributed by atoms with Crippen molar-refractivity contribution in [2.24, 2.45) is 5.73 Å². The Hall–Kier alpha value is -3.05. The smallest absolute Gasteiger partial charge is 0.267 e. The largest absolute Gasteiger partial charge is 0.457 e. The lowest BCUT2D eigenvalue weighted by Gasteiger charge is -2.14. The van der Waals surface area contributed by atoms with E-state index in [-0.39, 0.29) is 5.69 Å². The van der Waals surface area contributed by atoms with Crippen LogP contribution in [0.3, 0.4) is 0 Å². The maximum atomic E-state index is 11.3. The molecule has 0 unspecified atom stereocenters. The highest BCUT2D eigenvalue weighted by molar-refractivity contribution is 6.30. The maximum Gasteiger partial charge on any atom is 0.267 e. The highest BCUT2D eigenvalue weighted by Crippen LogP contribution is 2.29. The summed E-state index contributed by atoms with van der Waals surface area (Å²) < 4.78 is 6.07. The summed E-state index contributed by atoms with van der Waals surface area (Å²) in [5, 5.41) is 3.86. The van der Waals surface area contributed by atoms with E-state index < -0.39 is 5.91 Å². The number of hydrogen-bond donors (Lipinski definition) is 2. The monoisotopic (exact) mass is 381 g/mol. The van der Waals surface area contributed by atoms with Crippen molar-refractivity contribution in [1.82, 2.24) is 4.98 Å². The topological polar surface area (TPSA) is 77.2 Å². The number of nitrogens with zero attached hydrogens (tertiary/aromatic N) is 1. The number of anilines is 1. The SMILES string of the molecule is Cc1ccc(Oc2ccc(Cl)cc2CNc2ccnc(C(N)=O)c2)cc1C. The summed E-state index contributed by atoms with van der Waals surface area (Å²) in [5.41, 5.74) is 9.48. The average molecular weight is 382 g/mol. The normalized spacial score (nSPS) is 10.5. The van der Waals surface area contributed by atoms with Crippen LogP contribution in [0.4, 0.5) is 5.69 Å². The molecular weight excluding hydrogens is 362 g/mol. The quantitative estimate of drug-likeness (QED) is 0.639. The Balaban J connectivity index is 1.80. The van der Waals surface area contributed by atoms with E-state index >= 15 is 0 Å². The zero-order valence-corrected chi connectivity index (χ0v) is 15.9. The number of amides is 1. The number of aromatic nitrogens is 1. The van der Waals surface area contributed by atoms with Crippen LogP contribution < -0.4 is 15.8 Å². The first-order valence-corrected chi connectivity index (χ1v) is 8.83. The summed E-state index contributed by atoms with van der Waals surface area (Å²) in [7, 11) is 0. The highest BCUT2D eigenvalue weighted by atomic mass is 35.5. The van der Waals surface area contributed by atoms with Crippen LogP contribution in [-0.4, -0.2) is 10.9 Å². The molecule has 0 spiro atoms. The van der Waals surface area contributed by atoms with Crippen LogP contribution in [-0.2, 0) is 6.54 Å². The molecule has 1 amide bonds. The minimum Gasteiger partial charge on any atom is -0.457 e. The molecule has 0 saturated heterocycles. The van der Waals surface area contributed by atoms with Gasteiger partial charge in [-0.1, -0.05) is 17.7 Å². The van der Waals surface area contributed by atoms with Gasteiger partial charge in [-0.15, -0.1) is 0 Å². The molecule has 0 atom stereocenters. The Morgan fingerprint density at radius 2 is 1.93 bits per heavy atom. The predicted molar refractivity (Wildman–Crippen MR) is 108 cm³/mol. The van der Waals surface area contributed by atoms with Gasteiger partial charge in [-0.3, -0.25) is 9.78 Å². The number of nitrogens with two attached hydrogens (primary N) is 1. The second kappa shape index (κ2) is 8.10. The molecule has 1 aromatic heterocycles. The number of ether oxygens (including phenoxy) is 1. The lowest BCUT2D eigenvalue weighted by Crippen LogP contribution is -2.13. The van der Waals surface area contributed by atoms with E-state index in [1.54, 1.807) is 18.2 Å². The third-order valence-electron chi connectivity index (χ3n) is 4.22. The molecule has 1 heterocycles. The third kappa shape index (κ3) is 4.77. The Morgan fingerprint density at radius 1 is 1.11 bits per heavy atom. The van der Waals surface area contributed by atoms with Gasteiger partial charge in [0.05, 0.1) is 0 Å². The Bertz CT molecular complexity index is 989. The van der Waals surface area contributed by atoms with Crippen LogP contribution in [0.15, 0.2) is 54.7 Å². The van der Waals surface area contributed by atoms with Gasteiger partial charge < -0.3 is 15.8 Å². The molecule has 0 aliphatic heterocycles. The van der Waals surface area contributed by atoms with Gasteiger partial charge in [-0.25, -0.2) is 0 Å². The lowest BCUT2D eigenvalue weighted by atomic mass is 10.1. The molecule has 3 N–H and O–H groups in total. The van der Waals surface area contributed by atoms with E-state index in [0.717, 1.165) is 22.6 Å². The molecule has 0 aliphatic rings. The lowest BCUT2D eigenvalue weighted by molar-refractivity contribution is 0.0995. The van der Waals surface area contributed by atoms with Crippen molar-refractivity contribution in [1.29, 1.82) is 0 Å². The van der Waals surface area contributed by atoms with Crippen molar-refractivity contribution in [3.8, 4) is 11.5 Å². The van der Waals surface area contributed by atoms with Crippen molar-refractivity contribution in [2.45, 2.75) is 20.4 Å². The van der Waals surface area contributed by atoms with Crippen molar-refractivity contribution < 1.29 is 9.53 Å². The molecule has 0 bridgehead atoms. The van der Waals surface area contributed by atoms with Crippen LogP contribution >= 0.6 is 11.6 Å². The van der Waals surface area contributed by atoms with E-state index in [1.165, 1.54) is 11.8 Å². The Kier molecular flexibility index (Phi) is 5.62. The number of nitrogens with one attached hydrogen (secondary N) is 1. The summed E-state index contributed by atoms with van der Waals surface area (Å²) in [4.78, 5) is 15.2. The minimum atomic E-state index is -0.569. The minimum absolute atomic E-state index is 0.206. The number of hydrogen-bond acceptors (Lipinski definition) is 4. The van der Waals surface area contributed by atoms with Gasteiger partial charge in [0.2, 0.25) is 0 Å². The summed E-state index contributed by atoms with van der Waals surface area (Å²) in [5.74, 6) is 0.904. The number of pyridine rings is 1. The van der Waals surface area contributed by atoms with Crippen LogP contribution in [0, 0.1) is 13.8 Å². The van der Waals surface area contributed by atoms with Gasteiger partial charge >= 0.3 is 0 Å². The second-order valence-electron chi connectivity index (χ2n) is 6.25. The molecule has 3 aromatic rings. The van der Waals surface area contributed by atoms with E-state index in [2.05, 4.69) is 17.2 Å². The van der Waals surface area contributed by atoms with Gasteiger partial charge in [0.15, 0.2) is 0 Å². The number of aryl methyl sites for hydroxylation is 2. The molecule has 6 heteroatoms. The molecule has 3 rings (SSSR count). The zero-order chi connectivity index (χ0) is 19.4. The molecule has 2 aromatic carbocycles. The molecule has 5 nitrogen and oxygen atoms in total. The number of rotatable bonds is 6. The summed E-state index contributed by atoms with van der Waals surface area (Å²) in [6, 6.07) is 14.8. The standard InChI is InChI=1S/C21H20ClN3O2/c1-13-3-5-18(9-14(13)2)27-20-6-4-16(22)10-15(20)12-25-17-7-8-24-19(11-17)21(23)26/h3-11H,12H2,1-2H3,(H2,23,26)(H,24,25). The van der Waals surface area contributed by atoms with Crippen molar-refractivity contribution >= 4 is 23.2 Å². The highest BCUT2D eigenvalue weighted by Gasteiger charge is 2.09. The Morgan fingerprint density at radius 3 is 2.67 bits per heavy atom. The van der Waals surface area contributed by atoms with E-state index in [9.17, 15) is 4.79 Å². The molecule has 0 fully saturated rings. The number of primary amides is 1. The Labute approximate surface area is 163 Å². The fourth-order valence-electron chi connectivity index (χ4n) is 2.56. The van der Waals surface area contributed by atoms with E-state index in [0.29, 0.717) is 17.3 Å². The van der Waals surface area contributed by atoms with E-state index in [4.69, 9.17) is 22.1 Å². The van der Waals surface area contributed by atoms with Gasteiger partial charge in [0.25, 0.3) is 5.91 Å². The first-order chi connectivity index (χ1) is 12.9. The van der Waals surface area contributed by atoms with Gasteiger partial charge in [0, 0.05) is 29.0 Å². The fourth-order valence-corrected chi connectivity index (χ4v) is 2.76. The number of benzene rings is 2. The van der Waals surface area contributed by atoms with E-state index in [1.807, 2.05) is 37.3 Å². The zero-order valence-electron chi connectivity index (χ0n) is 15.1. The van der Waals surface area contributed by atoms with Crippen LogP contribution in [0.1, 0.15) is 27.2 Å². The summed E-state index contributed by atoms with van der Waals surface area (Å²) in [6.45, 7) is 4.57. The van der Waals surface area contributed by atoms with Crippen LogP contribution in [0.5, 0.6) is 11.5 Å². The van der Waals surface area contributed by atoms with Crippen LogP contribution in [0.25, 0.3) is 0 Å². The molecule has 138 valence electrons.